The zero-order chi connectivity index (χ0) is 14.5. The molecule has 0 aliphatic rings. The summed E-state index contributed by atoms with van der Waals surface area (Å²) in [5.41, 5.74) is 5.83. The number of halogens is 3. The van der Waals surface area contributed by atoms with Crippen LogP contribution in [-0.4, -0.2) is 35.1 Å². The minimum atomic E-state index is -4.38. The van der Waals surface area contributed by atoms with E-state index in [1.165, 1.54) is 0 Å². The van der Waals surface area contributed by atoms with Crippen LogP contribution in [0.2, 0.25) is 0 Å². The summed E-state index contributed by atoms with van der Waals surface area (Å²) in [6, 6.07) is 0. The Labute approximate surface area is 113 Å². The van der Waals surface area contributed by atoms with Crippen molar-refractivity contribution >= 4 is 22.4 Å². The molecule has 0 aromatic carbocycles. The molecule has 1 aromatic rings. The van der Waals surface area contributed by atoms with Gasteiger partial charge in [0.15, 0.2) is 5.13 Å². The molecule has 1 heterocycles. The van der Waals surface area contributed by atoms with E-state index in [1.807, 2.05) is 6.92 Å². The normalized spacial score (nSPS) is 11.6. The van der Waals surface area contributed by atoms with Gasteiger partial charge in [-0.1, -0.05) is 13.3 Å². The van der Waals surface area contributed by atoms with Crippen molar-refractivity contribution in [2.45, 2.75) is 32.4 Å². The lowest BCUT2D eigenvalue weighted by Crippen LogP contribution is -2.40. The van der Waals surface area contributed by atoms with Gasteiger partial charge in [0.05, 0.1) is 12.1 Å². The molecule has 0 radical (unpaired) electrons. The lowest BCUT2D eigenvalue weighted by atomic mass is 10.2. The van der Waals surface area contributed by atoms with E-state index < -0.39 is 18.6 Å². The van der Waals surface area contributed by atoms with Crippen molar-refractivity contribution in [3.8, 4) is 0 Å². The number of thiazole rings is 1. The summed E-state index contributed by atoms with van der Waals surface area (Å²) in [5, 5.41) is 1.89. The quantitative estimate of drug-likeness (QED) is 0.877. The van der Waals surface area contributed by atoms with E-state index in [0.29, 0.717) is 17.2 Å². The van der Waals surface area contributed by atoms with Crippen LogP contribution in [0.15, 0.2) is 5.38 Å². The van der Waals surface area contributed by atoms with Gasteiger partial charge < -0.3 is 10.6 Å². The summed E-state index contributed by atoms with van der Waals surface area (Å²) in [7, 11) is 0. The van der Waals surface area contributed by atoms with Crippen molar-refractivity contribution in [2.24, 2.45) is 0 Å². The fraction of sp³-hybridized carbons (Fsp3) is 0.636. The standard InChI is InChI=1S/C11H16F3N3OS/c1-2-3-4-17(7-11(12,13)14)9(18)5-8-6-19-10(15)16-8/h6H,2-5,7H2,1H3,(H2,15,16). The second-order valence-electron chi connectivity index (χ2n) is 4.14. The number of aromatic nitrogens is 1. The van der Waals surface area contributed by atoms with Crippen molar-refractivity contribution in [1.29, 1.82) is 0 Å². The molecule has 2 N–H and O–H groups in total. The molecular weight excluding hydrogens is 279 g/mol. The molecule has 0 saturated heterocycles. The molecule has 0 atom stereocenters. The van der Waals surface area contributed by atoms with E-state index in [9.17, 15) is 18.0 Å². The fourth-order valence-electron chi connectivity index (χ4n) is 1.53. The van der Waals surface area contributed by atoms with Gasteiger partial charge in [0.1, 0.15) is 6.54 Å². The SMILES string of the molecule is CCCCN(CC(F)(F)F)C(=O)Cc1csc(N)n1. The van der Waals surface area contributed by atoms with Crippen LogP contribution < -0.4 is 5.73 Å². The van der Waals surface area contributed by atoms with Gasteiger partial charge in [-0.05, 0) is 6.42 Å². The first-order valence-electron chi connectivity index (χ1n) is 5.86. The minimum Gasteiger partial charge on any atom is -0.375 e. The maximum absolute atomic E-state index is 12.4. The molecule has 108 valence electrons. The van der Waals surface area contributed by atoms with Crippen molar-refractivity contribution < 1.29 is 18.0 Å². The Bertz CT molecular complexity index is 420. The third-order valence-corrected chi connectivity index (χ3v) is 3.13. The van der Waals surface area contributed by atoms with Gasteiger partial charge in [-0.25, -0.2) is 4.98 Å². The number of nitrogen functional groups attached to an aromatic ring is 1. The van der Waals surface area contributed by atoms with Crippen molar-refractivity contribution in [3.63, 3.8) is 0 Å². The first kappa shape index (κ1) is 15.7. The summed E-state index contributed by atoms with van der Waals surface area (Å²) < 4.78 is 37.2. The van der Waals surface area contributed by atoms with E-state index in [4.69, 9.17) is 5.73 Å². The Morgan fingerprint density at radius 2 is 2.21 bits per heavy atom. The molecule has 0 fully saturated rings. The number of unbranched alkanes of at least 4 members (excludes halogenated alkanes) is 1. The Kier molecular flexibility index (Phi) is 5.59. The van der Waals surface area contributed by atoms with Crippen molar-refractivity contribution in [3.05, 3.63) is 11.1 Å². The monoisotopic (exact) mass is 295 g/mol. The van der Waals surface area contributed by atoms with E-state index in [0.717, 1.165) is 22.7 Å². The Morgan fingerprint density at radius 1 is 1.53 bits per heavy atom. The average Bonchev–Trinajstić information content (AvgIpc) is 2.68. The van der Waals surface area contributed by atoms with Gasteiger partial charge in [0.25, 0.3) is 0 Å². The Morgan fingerprint density at radius 3 is 2.68 bits per heavy atom. The van der Waals surface area contributed by atoms with Gasteiger partial charge in [-0.2, -0.15) is 13.2 Å². The molecular formula is C11H16F3N3OS. The molecule has 4 nitrogen and oxygen atoms in total. The van der Waals surface area contributed by atoms with Gasteiger partial charge in [-0.15, -0.1) is 11.3 Å². The zero-order valence-electron chi connectivity index (χ0n) is 10.5. The van der Waals surface area contributed by atoms with Crippen LogP contribution in [0.4, 0.5) is 18.3 Å². The number of nitrogens with zero attached hydrogens (tertiary/aromatic N) is 2. The number of alkyl halides is 3. The molecule has 0 spiro atoms. The fourth-order valence-corrected chi connectivity index (χ4v) is 2.09. The van der Waals surface area contributed by atoms with Gasteiger partial charge in [0.2, 0.25) is 5.91 Å². The highest BCUT2D eigenvalue weighted by molar-refractivity contribution is 7.13. The lowest BCUT2D eigenvalue weighted by Gasteiger charge is -2.23. The van der Waals surface area contributed by atoms with Gasteiger partial charge >= 0.3 is 6.18 Å². The van der Waals surface area contributed by atoms with E-state index in [-0.39, 0.29) is 13.0 Å². The molecule has 0 saturated carbocycles. The molecule has 1 rings (SSSR count). The van der Waals surface area contributed by atoms with Crippen LogP contribution in [0.3, 0.4) is 0 Å². The molecule has 0 aliphatic carbocycles. The zero-order valence-corrected chi connectivity index (χ0v) is 11.4. The number of rotatable bonds is 6. The number of anilines is 1. The Hall–Kier alpha value is -1.31. The van der Waals surface area contributed by atoms with Crippen LogP contribution in [0.25, 0.3) is 0 Å². The molecule has 0 aliphatic heterocycles. The number of nitrogens with two attached hydrogens (primary N) is 1. The van der Waals surface area contributed by atoms with Crippen molar-refractivity contribution in [1.82, 2.24) is 9.88 Å². The highest BCUT2D eigenvalue weighted by atomic mass is 32.1. The second kappa shape index (κ2) is 6.74. The molecule has 0 bridgehead atoms. The van der Waals surface area contributed by atoms with Crippen LogP contribution in [0.5, 0.6) is 0 Å². The number of amides is 1. The first-order valence-corrected chi connectivity index (χ1v) is 6.74. The second-order valence-corrected chi connectivity index (χ2v) is 5.03. The summed E-state index contributed by atoms with van der Waals surface area (Å²) in [4.78, 5) is 16.6. The molecule has 1 aromatic heterocycles. The lowest BCUT2D eigenvalue weighted by molar-refractivity contribution is -0.161. The summed E-state index contributed by atoms with van der Waals surface area (Å²) >= 11 is 1.16. The minimum absolute atomic E-state index is 0.106. The predicted octanol–water partition coefficient (Wildman–Crippen LogP) is 2.46. The average molecular weight is 295 g/mol. The summed E-state index contributed by atoms with van der Waals surface area (Å²) in [6.07, 6.45) is -3.26. The summed E-state index contributed by atoms with van der Waals surface area (Å²) in [5.74, 6) is -0.573. The third-order valence-electron chi connectivity index (χ3n) is 2.41. The van der Waals surface area contributed by atoms with Gasteiger partial charge in [0, 0.05) is 11.9 Å². The van der Waals surface area contributed by atoms with Crippen molar-refractivity contribution in [2.75, 3.05) is 18.8 Å². The number of hydrogen-bond donors (Lipinski definition) is 1. The molecule has 19 heavy (non-hydrogen) atoms. The topological polar surface area (TPSA) is 59.2 Å². The van der Waals surface area contributed by atoms with E-state index >= 15 is 0 Å². The highest BCUT2D eigenvalue weighted by Crippen LogP contribution is 2.18. The predicted molar refractivity (Wildman–Crippen MR) is 67.8 cm³/mol. The number of carbonyl (C=O) groups is 1. The van der Waals surface area contributed by atoms with E-state index in [1.54, 1.807) is 5.38 Å². The Balaban J connectivity index is 2.65. The smallest absolute Gasteiger partial charge is 0.375 e. The molecule has 1 amide bonds. The number of hydrogen-bond acceptors (Lipinski definition) is 4. The maximum atomic E-state index is 12.4. The van der Waals surface area contributed by atoms with Gasteiger partial charge in [-0.3, -0.25) is 4.79 Å². The van der Waals surface area contributed by atoms with Crippen LogP contribution in [0.1, 0.15) is 25.5 Å². The van der Waals surface area contributed by atoms with E-state index in [2.05, 4.69) is 4.98 Å². The van der Waals surface area contributed by atoms with Crippen LogP contribution >= 0.6 is 11.3 Å². The maximum Gasteiger partial charge on any atom is 0.406 e. The molecule has 8 heteroatoms. The largest absolute Gasteiger partial charge is 0.406 e. The highest BCUT2D eigenvalue weighted by Gasteiger charge is 2.32. The number of carbonyl (C=O) groups excluding carboxylic acids is 1. The first-order chi connectivity index (χ1) is 8.81. The molecule has 0 unspecified atom stereocenters. The van der Waals surface area contributed by atoms with Crippen LogP contribution in [-0.2, 0) is 11.2 Å². The third kappa shape index (κ3) is 5.91. The summed E-state index contributed by atoms with van der Waals surface area (Å²) in [6.45, 7) is 0.747. The van der Waals surface area contributed by atoms with Crippen LogP contribution in [0, 0.1) is 0 Å².